The minimum Gasteiger partial charge on any atom is -0.324 e. The molecule has 0 atom stereocenters. The molecule has 39 heavy (non-hydrogen) atoms. The lowest BCUT2D eigenvalue weighted by Gasteiger charge is -2.11. The average Bonchev–Trinajstić information content (AvgIpc) is 2.92. The second-order valence-corrected chi connectivity index (χ2v) is 8.27. The maximum atomic E-state index is 13.4. The van der Waals surface area contributed by atoms with Crippen LogP contribution in [0.15, 0.2) is 101 Å². The molecule has 0 radical (unpaired) electrons. The van der Waals surface area contributed by atoms with Crippen molar-refractivity contribution in [1.29, 1.82) is 0 Å². The summed E-state index contributed by atoms with van der Waals surface area (Å²) in [5.41, 5.74) is 3.14. The van der Waals surface area contributed by atoms with Gasteiger partial charge in [0, 0.05) is 40.1 Å². The zero-order chi connectivity index (χ0) is 28.4. The molecule has 0 aromatic heterocycles. The van der Waals surface area contributed by atoms with Crippen LogP contribution in [0.5, 0.6) is 0 Å². The standard InChI is InChI=1S/C29H27FN6O3/c1-5-26(37)34-22-10-7-11-23(15-22)36-29(31-4)32-17-19(3)33-28(39)25-16-24(13-12-18(25)2)35-27(38)20-8-6-9-21(30)14-20/h5-17H,1,4H2,2-3H3,(H,32,36)(H,33,39)(H,34,37)(H,35,38)/b19-17+. The molecule has 0 heterocycles. The fraction of sp³-hybridized carbons (Fsp3) is 0.0690. The van der Waals surface area contributed by atoms with Gasteiger partial charge in [0.2, 0.25) is 11.9 Å². The molecule has 0 fully saturated rings. The molecule has 3 rings (SSSR count). The van der Waals surface area contributed by atoms with Gasteiger partial charge in [0.05, 0.1) is 0 Å². The van der Waals surface area contributed by atoms with E-state index in [-0.39, 0.29) is 17.4 Å². The van der Waals surface area contributed by atoms with Crippen molar-refractivity contribution in [2.45, 2.75) is 13.8 Å². The van der Waals surface area contributed by atoms with Gasteiger partial charge in [-0.15, -0.1) is 0 Å². The number of amides is 3. The number of halogens is 1. The molecule has 198 valence electrons. The van der Waals surface area contributed by atoms with Crippen molar-refractivity contribution in [2.24, 2.45) is 9.98 Å². The highest BCUT2D eigenvalue weighted by Crippen LogP contribution is 2.18. The van der Waals surface area contributed by atoms with E-state index >= 15 is 0 Å². The number of carbonyl (C=O) groups excluding carboxylic acids is 3. The number of hydrogen-bond acceptors (Lipinski definition) is 4. The van der Waals surface area contributed by atoms with Gasteiger partial charge in [0.25, 0.3) is 11.8 Å². The SMILES string of the molecule is C=CC(=O)Nc1cccc(NC(N=C)=N/C=C(\C)NC(=O)c2cc(NC(=O)c3cccc(F)c3)ccc2C)c1. The summed E-state index contributed by atoms with van der Waals surface area (Å²) in [6.45, 7) is 10.3. The van der Waals surface area contributed by atoms with Gasteiger partial charge < -0.3 is 21.3 Å². The Morgan fingerprint density at radius 2 is 1.56 bits per heavy atom. The van der Waals surface area contributed by atoms with Gasteiger partial charge in [-0.25, -0.2) is 14.4 Å². The summed E-state index contributed by atoms with van der Waals surface area (Å²) < 4.78 is 13.4. The van der Waals surface area contributed by atoms with Crippen molar-refractivity contribution in [2.75, 3.05) is 16.0 Å². The first kappa shape index (κ1) is 28.2. The predicted molar refractivity (Wildman–Crippen MR) is 153 cm³/mol. The lowest BCUT2D eigenvalue weighted by Crippen LogP contribution is -2.23. The van der Waals surface area contributed by atoms with Crippen LogP contribution in [0.3, 0.4) is 0 Å². The number of rotatable bonds is 8. The van der Waals surface area contributed by atoms with Gasteiger partial charge in [0.15, 0.2) is 0 Å². The van der Waals surface area contributed by atoms with E-state index in [4.69, 9.17) is 0 Å². The lowest BCUT2D eigenvalue weighted by atomic mass is 10.1. The first-order chi connectivity index (χ1) is 18.7. The highest BCUT2D eigenvalue weighted by molar-refractivity contribution is 6.05. The molecule has 3 aromatic rings. The first-order valence-corrected chi connectivity index (χ1v) is 11.7. The minimum atomic E-state index is -0.521. The Labute approximate surface area is 225 Å². The Balaban J connectivity index is 1.68. The summed E-state index contributed by atoms with van der Waals surface area (Å²) in [7, 11) is 0. The number of nitrogens with one attached hydrogen (secondary N) is 4. The first-order valence-electron chi connectivity index (χ1n) is 11.7. The van der Waals surface area contributed by atoms with E-state index in [1.807, 2.05) is 0 Å². The third-order valence-corrected chi connectivity index (χ3v) is 5.24. The maximum absolute atomic E-state index is 13.4. The molecule has 3 aromatic carbocycles. The highest BCUT2D eigenvalue weighted by Gasteiger charge is 2.13. The zero-order valence-corrected chi connectivity index (χ0v) is 21.4. The van der Waals surface area contributed by atoms with Gasteiger partial charge in [-0.05, 0) is 80.7 Å². The Hall–Kier alpha value is -5.38. The van der Waals surface area contributed by atoms with Crippen molar-refractivity contribution in [1.82, 2.24) is 5.32 Å². The Kier molecular flexibility index (Phi) is 9.58. The van der Waals surface area contributed by atoms with Crippen molar-refractivity contribution in [3.63, 3.8) is 0 Å². The number of guanidine groups is 1. The molecule has 0 unspecified atom stereocenters. The normalized spacial score (nSPS) is 11.3. The summed E-state index contributed by atoms with van der Waals surface area (Å²) in [5, 5.41) is 11.0. The van der Waals surface area contributed by atoms with E-state index in [2.05, 4.69) is 44.5 Å². The van der Waals surface area contributed by atoms with Crippen LogP contribution in [-0.2, 0) is 4.79 Å². The molecule has 0 spiro atoms. The minimum absolute atomic E-state index is 0.159. The third kappa shape index (κ3) is 8.32. The summed E-state index contributed by atoms with van der Waals surface area (Å²) in [5.74, 6) is -1.61. The van der Waals surface area contributed by atoms with Gasteiger partial charge in [-0.1, -0.05) is 24.8 Å². The quantitative estimate of drug-likeness (QED) is 0.181. The number of nitrogens with zero attached hydrogens (tertiary/aromatic N) is 2. The van der Waals surface area contributed by atoms with E-state index in [9.17, 15) is 18.8 Å². The second-order valence-electron chi connectivity index (χ2n) is 8.27. The van der Waals surface area contributed by atoms with Crippen molar-refractivity contribution >= 4 is 47.5 Å². The van der Waals surface area contributed by atoms with Crippen LogP contribution >= 0.6 is 0 Å². The molecular weight excluding hydrogens is 499 g/mol. The molecule has 0 saturated carbocycles. The average molecular weight is 527 g/mol. The van der Waals surface area contributed by atoms with E-state index < -0.39 is 17.6 Å². The van der Waals surface area contributed by atoms with E-state index in [1.54, 1.807) is 50.2 Å². The Bertz CT molecular complexity index is 1500. The van der Waals surface area contributed by atoms with Crippen molar-refractivity contribution in [3.8, 4) is 0 Å². The van der Waals surface area contributed by atoms with Gasteiger partial charge in [-0.3, -0.25) is 14.4 Å². The molecular formula is C29H27FN6O3. The maximum Gasteiger partial charge on any atom is 0.255 e. The van der Waals surface area contributed by atoms with Crippen molar-refractivity contribution < 1.29 is 18.8 Å². The lowest BCUT2D eigenvalue weighted by molar-refractivity contribution is -0.111. The number of carbonyl (C=O) groups is 3. The van der Waals surface area contributed by atoms with Crippen LogP contribution in [0.4, 0.5) is 21.5 Å². The highest BCUT2D eigenvalue weighted by atomic mass is 19.1. The smallest absolute Gasteiger partial charge is 0.255 e. The molecule has 3 amide bonds. The summed E-state index contributed by atoms with van der Waals surface area (Å²) >= 11 is 0. The van der Waals surface area contributed by atoms with Gasteiger partial charge >= 0.3 is 0 Å². The van der Waals surface area contributed by atoms with E-state index in [0.29, 0.717) is 33.9 Å². The summed E-state index contributed by atoms with van der Waals surface area (Å²) in [6, 6.07) is 17.1. The van der Waals surface area contributed by atoms with E-state index in [1.165, 1.54) is 36.5 Å². The van der Waals surface area contributed by atoms with Crippen LogP contribution in [0, 0.1) is 12.7 Å². The number of aliphatic imine (C=N–C) groups is 2. The molecule has 0 aliphatic carbocycles. The van der Waals surface area contributed by atoms with Crippen LogP contribution in [-0.4, -0.2) is 30.4 Å². The molecule has 0 bridgehead atoms. The molecule has 0 aliphatic rings. The van der Waals surface area contributed by atoms with Gasteiger partial charge in [0.1, 0.15) is 5.82 Å². The van der Waals surface area contributed by atoms with Crippen LogP contribution in [0.2, 0.25) is 0 Å². The van der Waals surface area contributed by atoms with Crippen LogP contribution in [0.25, 0.3) is 0 Å². The molecule has 10 heteroatoms. The van der Waals surface area contributed by atoms with Crippen LogP contribution in [0.1, 0.15) is 33.2 Å². The Morgan fingerprint density at radius 1 is 0.872 bits per heavy atom. The number of benzene rings is 3. The molecule has 0 saturated heterocycles. The molecule has 0 aliphatic heterocycles. The number of allylic oxidation sites excluding steroid dienone is 1. The third-order valence-electron chi connectivity index (χ3n) is 5.24. The number of anilines is 3. The fourth-order valence-electron chi connectivity index (χ4n) is 3.32. The topological polar surface area (TPSA) is 124 Å². The second kappa shape index (κ2) is 13.2. The van der Waals surface area contributed by atoms with Crippen molar-refractivity contribution in [3.05, 3.63) is 114 Å². The largest absolute Gasteiger partial charge is 0.324 e. The summed E-state index contributed by atoms with van der Waals surface area (Å²) in [6.07, 6.45) is 2.57. The number of hydrogen-bond donors (Lipinski definition) is 4. The molecule has 4 N–H and O–H groups in total. The molecule has 9 nitrogen and oxygen atoms in total. The zero-order valence-electron chi connectivity index (χ0n) is 21.4. The summed E-state index contributed by atoms with van der Waals surface area (Å²) in [4.78, 5) is 45.0. The number of aryl methyl sites for hydroxylation is 1. The monoisotopic (exact) mass is 526 g/mol. The van der Waals surface area contributed by atoms with Crippen LogP contribution < -0.4 is 21.3 Å². The predicted octanol–water partition coefficient (Wildman–Crippen LogP) is 5.27. The van der Waals surface area contributed by atoms with E-state index in [0.717, 1.165) is 6.07 Å². The Morgan fingerprint density at radius 3 is 2.26 bits per heavy atom. The van der Waals surface area contributed by atoms with Gasteiger partial charge in [-0.2, -0.15) is 0 Å². The fourth-order valence-corrected chi connectivity index (χ4v) is 3.32.